The Bertz CT molecular complexity index is 1140. The highest BCUT2D eigenvalue weighted by molar-refractivity contribution is 6.34. The van der Waals surface area contributed by atoms with Gasteiger partial charge in [0.05, 0.1) is 38.1 Å². The molecule has 2 aromatic rings. The predicted octanol–water partition coefficient (Wildman–Crippen LogP) is 6.04. The first-order valence-corrected chi connectivity index (χ1v) is 12.0. The lowest BCUT2D eigenvalue weighted by atomic mass is 10.1. The van der Waals surface area contributed by atoms with Crippen molar-refractivity contribution in [1.29, 1.82) is 5.26 Å². The van der Waals surface area contributed by atoms with E-state index in [2.05, 4.69) is 12.2 Å². The number of anilines is 1. The molecule has 0 aliphatic carbocycles. The molecule has 0 saturated carbocycles. The molecule has 0 bridgehead atoms. The van der Waals surface area contributed by atoms with Crippen molar-refractivity contribution in [3.05, 3.63) is 52.1 Å². The quantitative estimate of drug-likeness (QED) is 0.150. The summed E-state index contributed by atoms with van der Waals surface area (Å²) in [6.07, 6.45) is 5.79. The molecule has 0 heterocycles. The maximum atomic E-state index is 12.8. The number of benzene rings is 2. The van der Waals surface area contributed by atoms with Gasteiger partial charge in [0, 0.05) is 6.07 Å². The van der Waals surface area contributed by atoms with Gasteiger partial charge in [0.2, 0.25) is 0 Å². The van der Waals surface area contributed by atoms with E-state index < -0.39 is 11.9 Å². The molecule has 0 radical (unpaired) electrons. The van der Waals surface area contributed by atoms with Crippen molar-refractivity contribution >= 4 is 35.2 Å². The lowest BCUT2D eigenvalue weighted by Crippen LogP contribution is -2.15. The second kappa shape index (κ2) is 14.6. The molecule has 2 rings (SSSR count). The van der Waals surface area contributed by atoms with E-state index in [1.165, 1.54) is 32.4 Å². The molecular formula is C27H31ClN2O6. The first-order chi connectivity index (χ1) is 17.4. The summed E-state index contributed by atoms with van der Waals surface area (Å²) in [6, 6.07) is 9.81. The number of nitrogens with zero attached hydrogens (tertiary/aromatic N) is 1. The fourth-order valence-corrected chi connectivity index (χ4v) is 3.51. The molecule has 2 aromatic carbocycles. The first kappa shape index (κ1) is 28.5. The minimum absolute atomic E-state index is 0.0894. The van der Waals surface area contributed by atoms with E-state index in [-0.39, 0.29) is 34.2 Å². The van der Waals surface area contributed by atoms with Crippen LogP contribution in [0, 0.1) is 11.3 Å². The van der Waals surface area contributed by atoms with E-state index in [9.17, 15) is 14.9 Å². The second-order valence-electron chi connectivity index (χ2n) is 7.70. The van der Waals surface area contributed by atoms with E-state index in [4.69, 9.17) is 30.5 Å². The van der Waals surface area contributed by atoms with E-state index in [0.717, 1.165) is 25.7 Å². The van der Waals surface area contributed by atoms with Crippen LogP contribution in [0.15, 0.2) is 35.9 Å². The summed E-state index contributed by atoms with van der Waals surface area (Å²) < 4.78 is 21.5. The number of hydrogen-bond donors (Lipinski definition) is 1. The van der Waals surface area contributed by atoms with Gasteiger partial charge in [-0.1, -0.05) is 43.9 Å². The minimum atomic E-state index is -0.680. The molecule has 9 heteroatoms. The maximum absolute atomic E-state index is 12.8. The summed E-state index contributed by atoms with van der Waals surface area (Å²) in [6.45, 7) is 4.60. The van der Waals surface area contributed by atoms with Crippen molar-refractivity contribution < 1.29 is 28.5 Å². The lowest BCUT2D eigenvalue weighted by Gasteiger charge is -2.13. The van der Waals surface area contributed by atoms with Crippen molar-refractivity contribution in [3.8, 4) is 23.3 Å². The average Bonchev–Trinajstić information content (AvgIpc) is 2.88. The highest BCUT2D eigenvalue weighted by Gasteiger charge is 2.19. The second-order valence-corrected chi connectivity index (χ2v) is 8.10. The molecule has 0 unspecified atom stereocenters. The van der Waals surface area contributed by atoms with Crippen LogP contribution in [0.4, 0.5) is 5.69 Å². The normalized spacial score (nSPS) is 10.8. The fraction of sp³-hybridized carbons (Fsp3) is 0.370. The number of methoxy groups -OCH3 is 2. The number of nitrogens with one attached hydrogen (secondary N) is 1. The average molecular weight is 515 g/mol. The number of rotatable bonds is 13. The maximum Gasteiger partial charge on any atom is 0.341 e. The zero-order chi connectivity index (χ0) is 26.5. The smallest absolute Gasteiger partial charge is 0.341 e. The minimum Gasteiger partial charge on any atom is -0.496 e. The van der Waals surface area contributed by atoms with Crippen molar-refractivity contribution in [2.24, 2.45) is 0 Å². The summed E-state index contributed by atoms with van der Waals surface area (Å²) in [5, 5.41) is 12.3. The third kappa shape index (κ3) is 7.92. The highest BCUT2D eigenvalue weighted by Crippen LogP contribution is 2.32. The summed E-state index contributed by atoms with van der Waals surface area (Å²) in [5.41, 5.74) is 0.725. The number of amides is 1. The van der Waals surface area contributed by atoms with Crippen LogP contribution in [0.2, 0.25) is 5.02 Å². The molecule has 0 saturated heterocycles. The van der Waals surface area contributed by atoms with Crippen LogP contribution in [0.25, 0.3) is 6.08 Å². The topological polar surface area (TPSA) is 107 Å². The van der Waals surface area contributed by atoms with Gasteiger partial charge in [-0.2, -0.15) is 5.26 Å². The van der Waals surface area contributed by atoms with Crippen molar-refractivity contribution in [2.45, 2.75) is 39.5 Å². The summed E-state index contributed by atoms with van der Waals surface area (Å²) in [5.74, 6) is -0.0192. The molecular weight excluding hydrogens is 484 g/mol. The van der Waals surface area contributed by atoms with Gasteiger partial charge < -0.3 is 24.3 Å². The van der Waals surface area contributed by atoms with Crippen molar-refractivity contribution in [2.75, 3.05) is 32.8 Å². The van der Waals surface area contributed by atoms with E-state index in [1.807, 2.05) is 6.07 Å². The molecule has 36 heavy (non-hydrogen) atoms. The standard InChI is InChI=1S/C27H31ClN2O6/c1-5-7-8-9-12-36-23-11-10-18(14-25(23)34-4)13-19(17-29)26(31)30-22-16-24(33-3)20(15-21(22)28)27(32)35-6-2/h10-11,13-16H,5-9,12H2,1-4H3,(H,30,31)/b19-13+. The molecule has 192 valence electrons. The van der Waals surface area contributed by atoms with Gasteiger partial charge >= 0.3 is 5.97 Å². The predicted molar refractivity (Wildman–Crippen MR) is 139 cm³/mol. The third-order valence-electron chi connectivity index (χ3n) is 5.15. The Morgan fingerprint density at radius 3 is 2.42 bits per heavy atom. The Labute approximate surface area is 216 Å². The Balaban J connectivity index is 2.21. The van der Waals surface area contributed by atoms with Crippen LogP contribution in [0.5, 0.6) is 17.2 Å². The molecule has 0 aliphatic heterocycles. The Morgan fingerprint density at radius 2 is 1.78 bits per heavy atom. The van der Waals surface area contributed by atoms with E-state index in [0.29, 0.717) is 23.7 Å². The van der Waals surface area contributed by atoms with Crippen molar-refractivity contribution in [3.63, 3.8) is 0 Å². The van der Waals surface area contributed by atoms with Crippen LogP contribution in [-0.2, 0) is 9.53 Å². The summed E-state index contributed by atoms with van der Waals surface area (Å²) in [7, 11) is 2.91. The number of esters is 1. The Kier molecular flexibility index (Phi) is 11.6. The number of unbranched alkanes of at least 4 members (excludes halogenated alkanes) is 3. The molecule has 0 spiro atoms. The Morgan fingerprint density at radius 1 is 1.03 bits per heavy atom. The highest BCUT2D eigenvalue weighted by atomic mass is 35.5. The SMILES string of the molecule is CCCCCCOc1ccc(/C=C(\C#N)C(=O)Nc2cc(OC)c(C(=O)OCC)cc2Cl)cc1OC. The monoisotopic (exact) mass is 514 g/mol. The van der Waals surface area contributed by atoms with Gasteiger partial charge in [-0.3, -0.25) is 4.79 Å². The zero-order valence-corrected chi connectivity index (χ0v) is 21.7. The molecule has 1 N–H and O–H groups in total. The molecule has 0 aromatic heterocycles. The largest absolute Gasteiger partial charge is 0.496 e. The Hall–Kier alpha value is -3.70. The molecule has 8 nitrogen and oxygen atoms in total. The molecule has 0 atom stereocenters. The van der Waals surface area contributed by atoms with Gasteiger partial charge in [0.25, 0.3) is 5.91 Å². The number of ether oxygens (including phenoxy) is 4. The van der Waals surface area contributed by atoms with Crippen LogP contribution >= 0.6 is 11.6 Å². The summed E-state index contributed by atoms with van der Waals surface area (Å²) in [4.78, 5) is 24.9. The molecule has 0 fully saturated rings. The third-order valence-corrected chi connectivity index (χ3v) is 5.46. The number of hydrogen-bond acceptors (Lipinski definition) is 7. The number of nitriles is 1. The number of halogens is 1. The van der Waals surface area contributed by atoms with Crippen LogP contribution in [-0.4, -0.2) is 39.3 Å². The van der Waals surface area contributed by atoms with Crippen LogP contribution < -0.4 is 19.5 Å². The van der Waals surface area contributed by atoms with Crippen molar-refractivity contribution in [1.82, 2.24) is 0 Å². The van der Waals surface area contributed by atoms with E-state index in [1.54, 1.807) is 25.1 Å². The summed E-state index contributed by atoms with van der Waals surface area (Å²) >= 11 is 6.27. The van der Waals surface area contributed by atoms with Crippen LogP contribution in [0.3, 0.4) is 0 Å². The van der Waals surface area contributed by atoms with E-state index >= 15 is 0 Å². The van der Waals surface area contributed by atoms with Crippen LogP contribution in [0.1, 0.15) is 55.5 Å². The number of carbonyl (C=O) groups is 2. The van der Waals surface area contributed by atoms with Gasteiger partial charge in [-0.15, -0.1) is 0 Å². The number of carbonyl (C=O) groups excluding carboxylic acids is 2. The molecule has 0 aliphatic rings. The first-order valence-electron chi connectivity index (χ1n) is 11.7. The zero-order valence-electron chi connectivity index (χ0n) is 21.0. The van der Waals surface area contributed by atoms with Gasteiger partial charge in [0.1, 0.15) is 23.0 Å². The van der Waals surface area contributed by atoms with Gasteiger partial charge in [0.15, 0.2) is 11.5 Å². The lowest BCUT2D eigenvalue weighted by molar-refractivity contribution is -0.112. The molecule has 1 amide bonds. The fourth-order valence-electron chi connectivity index (χ4n) is 3.30. The van der Waals surface area contributed by atoms with Gasteiger partial charge in [-0.25, -0.2) is 4.79 Å². The van der Waals surface area contributed by atoms with Gasteiger partial charge in [-0.05, 0) is 43.2 Å².